The molecule has 0 aliphatic heterocycles. The standard InChI is InChI=1S/C12H17ClN4/c1-17(12(16-14)15-11-5-6-11)8-9-3-2-4-10(13)7-9/h2-4,7,11H,5-6,8,14H2,1H3,(H,15,16). The molecule has 1 aromatic rings. The van der Waals surface area contributed by atoms with Crippen LogP contribution >= 0.6 is 11.6 Å². The summed E-state index contributed by atoms with van der Waals surface area (Å²) in [7, 11) is 1.96. The van der Waals surface area contributed by atoms with Gasteiger partial charge in [0.2, 0.25) is 5.96 Å². The molecule has 0 spiro atoms. The first-order valence-electron chi connectivity index (χ1n) is 5.69. The quantitative estimate of drug-likeness (QED) is 0.373. The highest BCUT2D eigenvalue weighted by molar-refractivity contribution is 6.30. The lowest BCUT2D eigenvalue weighted by molar-refractivity contribution is 0.476. The van der Waals surface area contributed by atoms with E-state index < -0.39 is 0 Å². The van der Waals surface area contributed by atoms with Crippen LogP contribution in [0.5, 0.6) is 0 Å². The van der Waals surface area contributed by atoms with Gasteiger partial charge in [-0.05, 0) is 30.5 Å². The molecule has 1 aliphatic carbocycles. The molecular formula is C12H17ClN4. The molecule has 0 amide bonds. The SMILES string of the molecule is CN(Cc1cccc(Cl)c1)C(=NC1CC1)NN. The summed E-state index contributed by atoms with van der Waals surface area (Å²) < 4.78 is 0. The highest BCUT2D eigenvalue weighted by Gasteiger charge is 2.21. The lowest BCUT2D eigenvalue weighted by atomic mass is 10.2. The van der Waals surface area contributed by atoms with Gasteiger partial charge >= 0.3 is 0 Å². The van der Waals surface area contributed by atoms with Gasteiger partial charge in [-0.1, -0.05) is 23.7 Å². The van der Waals surface area contributed by atoms with Crippen LogP contribution in [-0.4, -0.2) is 23.9 Å². The molecular weight excluding hydrogens is 236 g/mol. The van der Waals surface area contributed by atoms with Crippen LogP contribution < -0.4 is 11.3 Å². The minimum Gasteiger partial charge on any atom is -0.341 e. The van der Waals surface area contributed by atoms with Gasteiger partial charge in [-0.25, -0.2) is 10.8 Å². The zero-order chi connectivity index (χ0) is 12.3. The maximum absolute atomic E-state index is 5.95. The van der Waals surface area contributed by atoms with Crippen LogP contribution in [0.3, 0.4) is 0 Å². The summed E-state index contributed by atoms with van der Waals surface area (Å²) in [5, 5.41) is 0.747. The average molecular weight is 253 g/mol. The second-order valence-electron chi connectivity index (χ2n) is 4.31. The molecule has 0 aromatic heterocycles. The Morgan fingerprint density at radius 3 is 2.94 bits per heavy atom. The number of hydrogen-bond acceptors (Lipinski definition) is 2. The third-order valence-corrected chi connectivity index (χ3v) is 2.89. The number of hydrogen-bond donors (Lipinski definition) is 2. The zero-order valence-electron chi connectivity index (χ0n) is 9.86. The van der Waals surface area contributed by atoms with Crippen LogP contribution in [0.15, 0.2) is 29.3 Å². The third-order valence-electron chi connectivity index (χ3n) is 2.65. The van der Waals surface area contributed by atoms with Gasteiger partial charge in [0, 0.05) is 18.6 Å². The van der Waals surface area contributed by atoms with Crippen LogP contribution in [0.25, 0.3) is 0 Å². The van der Waals surface area contributed by atoms with Crippen molar-refractivity contribution in [2.75, 3.05) is 7.05 Å². The Morgan fingerprint density at radius 1 is 1.59 bits per heavy atom. The fourth-order valence-electron chi connectivity index (χ4n) is 1.61. The smallest absolute Gasteiger partial charge is 0.208 e. The van der Waals surface area contributed by atoms with Gasteiger partial charge in [-0.15, -0.1) is 0 Å². The summed E-state index contributed by atoms with van der Waals surface area (Å²) >= 11 is 5.95. The van der Waals surface area contributed by atoms with Crippen molar-refractivity contribution in [1.29, 1.82) is 0 Å². The van der Waals surface area contributed by atoms with E-state index in [0.29, 0.717) is 6.04 Å². The van der Waals surface area contributed by atoms with E-state index in [-0.39, 0.29) is 0 Å². The second kappa shape index (κ2) is 5.38. The highest BCUT2D eigenvalue weighted by atomic mass is 35.5. The molecule has 1 aromatic carbocycles. The number of nitrogens with one attached hydrogen (secondary N) is 1. The molecule has 4 nitrogen and oxygen atoms in total. The summed E-state index contributed by atoms with van der Waals surface area (Å²) in [5.74, 6) is 6.21. The largest absolute Gasteiger partial charge is 0.341 e. The lowest BCUT2D eigenvalue weighted by Gasteiger charge is -2.20. The predicted octanol–water partition coefficient (Wildman–Crippen LogP) is 1.75. The van der Waals surface area contributed by atoms with E-state index in [1.807, 2.05) is 36.2 Å². The van der Waals surface area contributed by atoms with Crippen molar-refractivity contribution in [3.05, 3.63) is 34.9 Å². The minimum absolute atomic E-state index is 0.447. The number of guanidine groups is 1. The Bertz CT molecular complexity index is 415. The Hall–Kier alpha value is -1.26. The molecule has 92 valence electrons. The Labute approximate surface area is 106 Å². The van der Waals surface area contributed by atoms with Crippen molar-refractivity contribution in [3.63, 3.8) is 0 Å². The van der Waals surface area contributed by atoms with Gasteiger partial charge in [0.25, 0.3) is 0 Å². The molecule has 1 fully saturated rings. The van der Waals surface area contributed by atoms with E-state index in [9.17, 15) is 0 Å². The molecule has 0 heterocycles. The van der Waals surface area contributed by atoms with Crippen molar-refractivity contribution >= 4 is 17.6 Å². The maximum atomic E-state index is 5.95. The first kappa shape index (κ1) is 12.2. The van der Waals surface area contributed by atoms with Gasteiger partial charge in [-0.2, -0.15) is 0 Å². The lowest BCUT2D eigenvalue weighted by Crippen LogP contribution is -2.42. The first-order chi connectivity index (χ1) is 8.19. The molecule has 0 radical (unpaired) electrons. The molecule has 3 N–H and O–H groups in total. The molecule has 5 heteroatoms. The van der Waals surface area contributed by atoms with Gasteiger partial charge in [0.1, 0.15) is 0 Å². The van der Waals surface area contributed by atoms with E-state index in [1.165, 1.54) is 0 Å². The van der Waals surface area contributed by atoms with E-state index in [1.54, 1.807) is 0 Å². The molecule has 1 saturated carbocycles. The topological polar surface area (TPSA) is 53.6 Å². The van der Waals surface area contributed by atoms with Crippen molar-refractivity contribution < 1.29 is 0 Å². The number of benzene rings is 1. The van der Waals surface area contributed by atoms with Crippen molar-refractivity contribution in [2.45, 2.75) is 25.4 Å². The number of nitrogens with two attached hydrogens (primary N) is 1. The highest BCUT2D eigenvalue weighted by Crippen LogP contribution is 2.23. The molecule has 17 heavy (non-hydrogen) atoms. The summed E-state index contributed by atoms with van der Waals surface area (Å²) in [6.07, 6.45) is 2.33. The van der Waals surface area contributed by atoms with Crippen LogP contribution in [0.2, 0.25) is 5.02 Å². The molecule has 0 atom stereocenters. The van der Waals surface area contributed by atoms with E-state index in [0.717, 1.165) is 35.9 Å². The Morgan fingerprint density at radius 2 is 2.35 bits per heavy atom. The summed E-state index contributed by atoms with van der Waals surface area (Å²) in [6, 6.07) is 8.24. The van der Waals surface area contributed by atoms with Crippen LogP contribution in [-0.2, 0) is 6.54 Å². The normalized spacial score (nSPS) is 15.8. The predicted molar refractivity (Wildman–Crippen MR) is 70.7 cm³/mol. The van der Waals surface area contributed by atoms with E-state index in [4.69, 9.17) is 17.4 Å². The molecule has 0 bridgehead atoms. The first-order valence-corrected chi connectivity index (χ1v) is 6.07. The van der Waals surface area contributed by atoms with E-state index >= 15 is 0 Å². The summed E-state index contributed by atoms with van der Waals surface area (Å²) in [5.41, 5.74) is 3.79. The fraction of sp³-hybridized carbons (Fsp3) is 0.417. The van der Waals surface area contributed by atoms with Gasteiger partial charge in [-0.3, -0.25) is 5.43 Å². The summed E-state index contributed by atoms with van der Waals surface area (Å²) in [4.78, 5) is 6.49. The molecule has 0 saturated heterocycles. The monoisotopic (exact) mass is 252 g/mol. The third kappa shape index (κ3) is 3.61. The zero-order valence-corrected chi connectivity index (χ0v) is 10.6. The minimum atomic E-state index is 0.447. The van der Waals surface area contributed by atoms with E-state index in [2.05, 4.69) is 10.4 Å². The number of halogens is 1. The Kier molecular flexibility index (Phi) is 3.86. The number of nitrogens with zero attached hydrogens (tertiary/aromatic N) is 2. The maximum Gasteiger partial charge on any atom is 0.208 e. The Balaban J connectivity index is 2.01. The second-order valence-corrected chi connectivity index (χ2v) is 4.75. The van der Waals surface area contributed by atoms with Crippen molar-refractivity contribution in [2.24, 2.45) is 10.8 Å². The molecule has 0 unspecified atom stereocenters. The number of rotatable bonds is 3. The van der Waals surface area contributed by atoms with Gasteiger partial charge in [0.05, 0.1) is 6.04 Å². The number of hydrazine groups is 1. The van der Waals surface area contributed by atoms with Crippen molar-refractivity contribution in [3.8, 4) is 0 Å². The summed E-state index contributed by atoms with van der Waals surface area (Å²) in [6.45, 7) is 0.732. The van der Waals surface area contributed by atoms with Crippen LogP contribution in [0.1, 0.15) is 18.4 Å². The number of aliphatic imine (C=N–C) groups is 1. The van der Waals surface area contributed by atoms with Crippen LogP contribution in [0, 0.1) is 0 Å². The average Bonchev–Trinajstić information content (AvgIpc) is 3.09. The molecule has 2 rings (SSSR count). The van der Waals surface area contributed by atoms with Crippen molar-refractivity contribution in [1.82, 2.24) is 10.3 Å². The van der Waals surface area contributed by atoms with Gasteiger partial charge in [0.15, 0.2) is 0 Å². The fourth-order valence-corrected chi connectivity index (χ4v) is 1.82. The van der Waals surface area contributed by atoms with Crippen LogP contribution in [0.4, 0.5) is 0 Å². The molecule has 1 aliphatic rings. The van der Waals surface area contributed by atoms with Gasteiger partial charge < -0.3 is 4.90 Å².